The summed E-state index contributed by atoms with van der Waals surface area (Å²) in [6.07, 6.45) is 6.04. The van der Waals surface area contributed by atoms with Crippen LogP contribution >= 0.6 is 0 Å². The lowest BCUT2D eigenvalue weighted by atomic mass is 9.78. The van der Waals surface area contributed by atoms with Crippen molar-refractivity contribution in [1.29, 1.82) is 5.26 Å². The molecule has 0 amide bonds. The molecule has 1 aromatic carbocycles. The summed E-state index contributed by atoms with van der Waals surface area (Å²) >= 11 is 0. The second-order valence-electron chi connectivity index (χ2n) is 5.68. The fourth-order valence-corrected chi connectivity index (χ4v) is 2.81. The molecule has 1 aromatic rings. The Bertz CT molecular complexity index is 538. The van der Waals surface area contributed by atoms with Crippen molar-refractivity contribution in [2.45, 2.75) is 39.5 Å². The van der Waals surface area contributed by atoms with E-state index in [9.17, 15) is 0 Å². The Morgan fingerprint density at radius 1 is 1.05 bits per heavy atom. The van der Waals surface area contributed by atoms with E-state index in [0.717, 1.165) is 18.4 Å². The van der Waals surface area contributed by atoms with Crippen LogP contribution in [0.15, 0.2) is 47.6 Å². The lowest BCUT2D eigenvalue weighted by molar-refractivity contribution is 0.538. The average molecular weight is 251 g/mol. The number of hydrogen-bond donors (Lipinski definition) is 0. The zero-order valence-electron chi connectivity index (χ0n) is 12.0. The molecule has 1 atom stereocenters. The number of nitriles is 1. The van der Waals surface area contributed by atoms with Crippen molar-refractivity contribution in [3.63, 3.8) is 0 Å². The third-order valence-corrected chi connectivity index (χ3v) is 3.83. The van der Waals surface area contributed by atoms with Gasteiger partial charge in [-0.1, -0.05) is 55.3 Å². The number of rotatable bonds is 3. The van der Waals surface area contributed by atoms with Crippen LogP contribution in [0.5, 0.6) is 0 Å². The first-order valence-electron chi connectivity index (χ1n) is 6.98. The summed E-state index contributed by atoms with van der Waals surface area (Å²) in [5.41, 5.74) is 5.05. The maximum absolute atomic E-state index is 8.93. The second-order valence-corrected chi connectivity index (χ2v) is 5.68. The molecular formula is C18H21N. The molecule has 1 aliphatic carbocycles. The maximum Gasteiger partial charge on any atom is 0.0947 e. The van der Waals surface area contributed by atoms with Gasteiger partial charge < -0.3 is 0 Å². The van der Waals surface area contributed by atoms with Gasteiger partial charge in [0, 0.05) is 11.5 Å². The summed E-state index contributed by atoms with van der Waals surface area (Å²) < 4.78 is 0. The van der Waals surface area contributed by atoms with Crippen molar-refractivity contribution in [3.8, 4) is 6.07 Å². The van der Waals surface area contributed by atoms with Crippen LogP contribution in [0, 0.1) is 24.2 Å². The fourth-order valence-electron chi connectivity index (χ4n) is 2.81. The van der Waals surface area contributed by atoms with Gasteiger partial charge in [-0.15, -0.1) is 0 Å². The molecule has 0 spiro atoms. The predicted octanol–water partition coefficient (Wildman–Crippen LogP) is 4.90. The third-order valence-electron chi connectivity index (χ3n) is 3.83. The van der Waals surface area contributed by atoms with E-state index in [1.165, 1.54) is 16.7 Å². The molecular weight excluding hydrogens is 230 g/mol. The van der Waals surface area contributed by atoms with Gasteiger partial charge in [-0.05, 0) is 37.3 Å². The topological polar surface area (TPSA) is 23.8 Å². The molecule has 0 saturated carbocycles. The predicted molar refractivity (Wildman–Crippen MR) is 79.8 cm³/mol. The van der Waals surface area contributed by atoms with E-state index in [4.69, 9.17) is 5.26 Å². The molecule has 0 saturated heterocycles. The quantitative estimate of drug-likeness (QED) is 0.749. The van der Waals surface area contributed by atoms with Gasteiger partial charge >= 0.3 is 0 Å². The first-order chi connectivity index (χ1) is 9.11. The summed E-state index contributed by atoms with van der Waals surface area (Å²) in [4.78, 5) is 0. The lowest BCUT2D eigenvalue weighted by Gasteiger charge is -2.26. The van der Waals surface area contributed by atoms with Gasteiger partial charge in [0.1, 0.15) is 0 Å². The zero-order valence-corrected chi connectivity index (χ0v) is 12.0. The molecule has 0 heterocycles. The summed E-state index contributed by atoms with van der Waals surface area (Å²) in [5, 5.41) is 8.93. The van der Waals surface area contributed by atoms with E-state index in [-0.39, 0.29) is 0 Å². The third kappa shape index (κ3) is 3.15. The van der Waals surface area contributed by atoms with E-state index in [1.807, 2.05) is 6.08 Å². The van der Waals surface area contributed by atoms with Crippen LogP contribution in [-0.4, -0.2) is 0 Å². The van der Waals surface area contributed by atoms with E-state index < -0.39 is 0 Å². The van der Waals surface area contributed by atoms with Crippen LogP contribution in [0.4, 0.5) is 0 Å². The summed E-state index contributed by atoms with van der Waals surface area (Å²) in [5.74, 6) is 1.04. The van der Waals surface area contributed by atoms with Crippen molar-refractivity contribution in [2.24, 2.45) is 5.92 Å². The van der Waals surface area contributed by atoms with Gasteiger partial charge in [-0.3, -0.25) is 0 Å². The second kappa shape index (κ2) is 5.89. The molecule has 0 N–H and O–H groups in total. The van der Waals surface area contributed by atoms with Gasteiger partial charge in [0.05, 0.1) is 6.07 Å². The number of aryl methyl sites for hydroxylation is 1. The highest BCUT2D eigenvalue weighted by Crippen LogP contribution is 2.36. The van der Waals surface area contributed by atoms with Crippen molar-refractivity contribution in [2.75, 3.05) is 0 Å². The number of benzene rings is 1. The Morgan fingerprint density at radius 2 is 1.74 bits per heavy atom. The van der Waals surface area contributed by atoms with Gasteiger partial charge in [0.25, 0.3) is 0 Å². The zero-order chi connectivity index (χ0) is 13.8. The Morgan fingerprint density at radius 3 is 2.21 bits per heavy atom. The number of allylic oxidation sites excluding steroid dienone is 4. The Labute approximate surface area is 116 Å². The molecule has 1 unspecified atom stereocenters. The molecule has 0 aromatic heterocycles. The Balaban J connectivity index is 2.32. The highest BCUT2D eigenvalue weighted by atomic mass is 14.3. The summed E-state index contributed by atoms with van der Waals surface area (Å²) in [6, 6.07) is 11.1. The van der Waals surface area contributed by atoms with E-state index in [1.54, 1.807) is 0 Å². The monoisotopic (exact) mass is 251 g/mol. The smallest absolute Gasteiger partial charge is 0.0947 e. The van der Waals surface area contributed by atoms with Gasteiger partial charge in [0.15, 0.2) is 0 Å². The van der Waals surface area contributed by atoms with Crippen molar-refractivity contribution in [1.82, 2.24) is 0 Å². The molecule has 98 valence electrons. The number of nitrogens with zero attached hydrogens (tertiary/aromatic N) is 1. The summed E-state index contributed by atoms with van der Waals surface area (Å²) in [7, 11) is 0. The molecule has 19 heavy (non-hydrogen) atoms. The first-order valence-corrected chi connectivity index (χ1v) is 6.98. The van der Waals surface area contributed by atoms with Crippen LogP contribution in [0.25, 0.3) is 0 Å². The van der Waals surface area contributed by atoms with E-state index in [0.29, 0.717) is 11.8 Å². The highest BCUT2D eigenvalue weighted by molar-refractivity contribution is 5.39. The van der Waals surface area contributed by atoms with Gasteiger partial charge in [-0.2, -0.15) is 5.26 Å². The van der Waals surface area contributed by atoms with E-state index >= 15 is 0 Å². The van der Waals surface area contributed by atoms with Crippen molar-refractivity contribution >= 4 is 0 Å². The van der Waals surface area contributed by atoms with E-state index in [2.05, 4.69) is 57.2 Å². The Kier molecular flexibility index (Phi) is 4.22. The Hall–Kier alpha value is -1.81. The molecule has 1 heteroatoms. The van der Waals surface area contributed by atoms with Crippen LogP contribution < -0.4 is 0 Å². The maximum atomic E-state index is 8.93. The summed E-state index contributed by atoms with van der Waals surface area (Å²) in [6.45, 7) is 6.67. The average Bonchev–Trinajstić information content (AvgIpc) is 2.42. The normalized spacial score (nSPS) is 16.6. The molecule has 0 radical (unpaired) electrons. The van der Waals surface area contributed by atoms with Crippen LogP contribution in [0.1, 0.15) is 43.7 Å². The largest absolute Gasteiger partial charge is 0.193 e. The van der Waals surface area contributed by atoms with Crippen molar-refractivity contribution < 1.29 is 0 Å². The van der Waals surface area contributed by atoms with Crippen LogP contribution in [0.3, 0.4) is 0 Å². The standard InChI is InChI=1S/C18H21N/c1-13(2)18(16-8-4-14(3)5-9-16)17-10-6-15(12-19)7-11-17/h4-6,8-10,13,18H,7,11H2,1-3H3. The SMILES string of the molecule is Cc1ccc(C(C2=CC=C(C#N)CC2)C(C)C)cc1. The minimum absolute atomic E-state index is 0.470. The van der Waals surface area contributed by atoms with Crippen molar-refractivity contribution in [3.05, 3.63) is 58.7 Å². The minimum atomic E-state index is 0.470. The molecule has 0 bridgehead atoms. The minimum Gasteiger partial charge on any atom is -0.193 e. The van der Waals surface area contributed by atoms with Gasteiger partial charge in [-0.25, -0.2) is 0 Å². The molecule has 1 aliphatic rings. The number of hydrogen-bond acceptors (Lipinski definition) is 1. The first kappa shape index (κ1) is 13.6. The molecule has 1 nitrogen and oxygen atoms in total. The fraction of sp³-hybridized carbons (Fsp3) is 0.389. The van der Waals surface area contributed by atoms with Crippen LogP contribution in [-0.2, 0) is 0 Å². The molecule has 0 aliphatic heterocycles. The van der Waals surface area contributed by atoms with Crippen LogP contribution in [0.2, 0.25) is 0 Å². The lowest BCUT2D eigenvalue weighted by Crippen LogP contribution is -2.11. The highest BCUT2D eigenvalue weighted by Gasteiger charge is 2.21. The molecule has 0 fully saturated rings. The van der Waals surface area contributed by atoms with Gasteiger partial charge in [0.2, 0.25) is 0 Å². The molecule has 2 rings (SSSR count).